The van der Waals surface area contributed by atoms with E-state index in [-0.39, 0.29) is 23.1 Å². The van der Waals surface area contributed by atoms with Crippen LogP contribution in [0.3, 0.4) is 0 Å². The summed E-state index contributed by atoms with van der Waals surface area (Å²) in [7, 11) is 0. The van der Waals surface area contributed by atoms with Crippen molar-refractivity contribution in [3.8, 4) is 40.0 Å². The van der Waals surface area contributed by atoms with E-state index in [0.717, 1.165) is 12.8 Å². The molecule has 2 aromatic carbocycles. The third-order valence-electron chi connectivity index (χ3n) is 7.09. The number of ether oxygens (including phenoxy) is 1. The second kappa shape index (κ2) is 9.88. The highest BCUT2D eigenvalue weighted by Crippen LogP contribution is 2.43. The van der Waals surface area contributed by atoms with Gasteiger partial charge < -0.3 is 24.2 Å². The summed E-state index contributed by atoms with van der Waals surface area (Å²) in [6, 6.07) is 13.1. The molecule has 2 N–H and O–H groups in total. The summed E-state index contributed by atoms with van der Waals surface area (Å²) in [4.78, 5) is 4.15. The SMILES string of the molecule is OC1c2ccc(-c3noc(-c4onc(-c5ccccc5)c4C(F)(F)F)n3)cc2OCC1NC1CCCCC1. The Morgan fingerprint density at radius 3 is 2.47 bits per heavy atom. The first-order valence-corrected chi connectivity index (χ1v) is 12.6. The van der Waals surface area contributed by atoms with Crippen molar-refractivity contribution in [2.75, 3.05) is 6.61 Å². The molecule has 11 heteroatoms. The number of halogens is 3. The third kappa shape index (κ3) is 4.67. The molecule has 2 unspecified atom stereocenters. The minimum absolute atomic E-state index is 0.0501. The summed E-state index contributed by atoms with van der Waals surface area (Å²) in [5, 5.41) is 22.0. The fraction of sp³-hybridized carbons (Fsp3) is 0.370. The van der Waals surface area contributed by atoms with E-state index in [2.05, 4.69) is 20.6 Å². The van der Waals surface area contributed by atoms with E-state index in [1.807, 2.05) is 0 Å². The zero-order valence-corrected chi connectivity index (χ0v) is 20.2. The predicted molar refractivity (Wildman–Crippen MR) is 130 cm³/mol. The van der Waals surface area contributed by atoms with Crippen molar-refractivity contribution in [1.82, 2.24) is 20.6 Å². The molecule has 2 aromatic heterocycles. The molecular formula is C27H25F3N4O4. The summed E-state index contributed by atoms with van der Waals surface area (Å²) < 4.78 is 58.2. The summed E-state index contributed by atoms with van der Waals surface area (Å²) >= 11 is 0. The number of aliphatic hydroxyl groups is 1. The number of nitrogens with one attached hydrogen (secondary N) is 1. The van der Waals surface area contributed by atoms with Crippen LogP contribution in [0, 0.1) is 0 Å². The standard InChI is InChI=1S/C27H25F3N4O4/c28-27(29,30)21-22(15-7-3-1-4-8-15)33-37-24(21)26-32-25(34-38-26)16-11-12-18-20(13-16)36-14-19(23(18)35)31-17-9-5-2-6-10-17/h1,3-4,7-8,11-13,17,19,23,31,35H,2,5-6,9-10,14H2. The molecule has 1 saturated carbocycles. The van der Waals surface area contributed by atoms with Crippen LogP contribution in [0.2, 0.25) is 0 Å². The highest BCUT2D eigenvalue weighted by Gasteiger charge is 2.43. The van der Waals surface area contributed by atoms with E-state index >= 15 is 0 Å². The average Bonchev–Trinajstić information content (AvgIpc) is 3.59. The average molecular weight is 527 g/mol. The first kappa shape index (κ1) is 24.6. The van der Waals surface area contributed by atoms with Crippen LogP contribution in [-0.4, -0.2) is 39.1 Å². The third-order valence-corrected chi connectivity index (χ3v) is 7.09. The molecule has 198 valence electrons. The normalized spacial score (nSPS) is 20.2. The molecule has 3 heterocycles. The van der Waals surface area contributed by atoms with Crippen molar-refractivity contribution < 1.29 is 32.1 Å². The van der Waals surface area contributed by atoms with Crippen molar-refractivity contribution >= 4 is 0 Å². The van der Waals surface area contributed by atoms with Crippen molar-refractivity contribution in [1.29, 1.82) is 0 Å². The van der Waals surface area contributed by atoms with Gasteiger partial charge in [-0.05, 0) is 18.9 Å². The number of benzene rings is 2. The van der Waals surface area contributed by atoms with Gasteiger partial charge in [-0.1, -0.05) is 72.0 Å². The quantitative estimate of drug-likeness (QED) is 0.336. The lowest BCUT2D eigenvalue weighted by molar-refractivity contribution is -0.136. The number of nitrogens with zero attached hydrogens (tertiary/aromatic N) is 3. The summed E-state index contributed by atoms with van der Waals surface area (Å²) in [6.45, 7) is 0.293. The second-order valence-electron chi connectivity index (χ2n) is 9.64. The first-order chi connectivity index (χ1) is 18.4. The van der Waals surface area contributed by atoms with E-state index in [1.54, 1.807) is 36.4 Å². The Balaban J connectivity index is 1.26. The molecule has 0 radical (unpaired) electrons. The van der Waals surface area contributed by atoms with Crippen molar-refractivity contribution in [3.05, 3.63) is 59.7 Å². The van der Waals surface area contributed by atoms with Gasteiger partial charge in [0, 0.05) is 22.7 Å². The topological polar surface area (TPSA) is 106 Å². The maximum atomic E-state index is 14.0. The molecule has 0 spiro atoms. The summed E-state index contributed by atoms with van der Waals surface area (Å²) in [6.07, 6.45) is 0.253. The highest BCUT2D eigenvalue weighted by atomic mass is 19.4. The van der Waals surface area contributed by atoms with Crippen LogP contribution in [0.1, 0.15) is 49.3 Å². The number of alkyl halides is 3. The largest absolute Gasteiger partial charge is 0.491 e. The van der Waals surface area contributed by atoms with Crippen LogP contribution >= 0.6 is 0 Å². The molecule has 1 fully saturated rings. The predicted octanol–water partition coefficient (Wildman–Crippen LogP) is 5.79. The molecule has 4 aromatic rings. The molecule has 1 aliphatic heterocycles. The number of aromatic nitrogens is 3. The lowest BCUT2D eigenvalue weighted by Gasteiger charge is -2.35. The minimum atomic E-state index is -4.77. The van der Waals surface area contributed by atoms with E-state index in [1.165, 1.54) is 31.4 Å². The van der Waals surface area contributed by atoms with Crippen LogP contribution in [0.15, 0.2) is 57.6 Å². The number of aliphatic hydroxyl groups excluding tert-OH is 1. The van der Waals surface area contributed by atoms with Gasteiger partial charge in [0.25, 0.3) is 5.89 Å². The van der Waals surface area contributed by atoms with Crippen molar-refractivity contribution in [2.24, 2.45) is 0 Å². The molecule has 0 saturated heterocycles. The van der Waals surface area contributed by atoms with Gasteiger partial charge in [0.2, 0.25) is 11.6 Å². The molecule has 2 atom stereocenters. The van der Waals surface area contributed by atoms with Crippen LogP contribution < -0.4 is 10.1 Å². The molecule has 0 amide bonds. The van der Waals surface area contributed by atoms with Gasteiger partial charge in [0.05, 0.1) is 6.04 Å². The number of hydrogen-bond acceptors (Lipinski definition) is 8. The Morgan fingerprint density at radius 1 is 0.921 bits per heavy atom. The maximum absolute atomic E-state index is 14.0. The van der Waals surface area contributed by atoms with Crippen molar-refractivity contribution in [3.63, 3.8) is 0 Å². The Morgan fingerprint density at radius 2 is 1.71 bits per heavy atom. The minimum Gasteiger partial charge on any atom is -0.491 e. The zero-order chi connectivity index (χ0) is 26.3. The fourth-order valence-electron chi connectivity index (χ4n) is 5.17. The molecule has 1 aliphatic carbocycles. The van der Waals surface area contributed by atoms with Gasteiger partial charge in [0.1, 0.15) is 29.7 Å². The number of hydrogen-bond donors (Lipinski definition) is 2. The lowest BCUT2D eigenvalue weighted by atomic mass is 9.92. The van der Waals surface area contributed by atoms with Crippen LogP contribution in [0.4, 0.5) is 13.2 Å². The Kier molecular flexibility index (Phi) is 6.40. The Bertz CT molecular complexity index is 1410. The summed E-state index contributed by atoms with van der Waals surface area (Å²) in [5.74, 6) is -0.590. The van der Waals surface area contributed by atoms with E-state index in [0.29, 0.717) is 29.5 Å². The molecule has 6 rings (SSSR count). The van der Waals surface area contributed by atoms with E-state index in [9.17, 15) is 18.3 Å². The number of rotatable bonds is 5. The monoisotopic (exact) mass is 526 g/mol. The Labute approximate surface area is 215 Å². The maximum Gasteiger partial charge on any atom is 0.422 e. The van der Waals surface area contributed by atoms with Gasteiger partial charge in [-0.2, -0.15) is 18.2 Å². The lowest BCUT2D eigenvalue weighted by Crippen LogP contribution is -2.48. The summed E-state index contributed by atoms with van der Waals surface area (Å²) in [5.41, 5.74) is -0.121. The molecule has 2 aliphatic rings. The van der Waals surface area contributed by atoms with Gasteiger partial charge in [-0.25, -0.2) is 0 Å². The van der Waals surface area contributed by atoms with Gasteiger partial charge >= 0.3 is 6.18 Å². The first-order valence-electron chi connectivity index (χ1n) is 12.6. The molecule has 8 nitrogen and oxygen atoms in total. The van der Waals surface area contributed by atoms with Gasteiger partial charge in [-0.3, -0.25) is 0 Å². The van der Waals surface area contributed by atoms with Gasteiger partial charge in [0.15, 0.2) is 0 Å². The number of fused-ring (bicyclic) bond motifs is 1. The second-order valence-corrected chi connectivity index (χ2v) is 9.64. The van der Waals surface area contributed by atoms with Crippen molar-refractivity contribution in [2.45, 2.75) is 56.5 Å². The Hall–Kier alpha value is -3.70. The van der Waals surface area contributed by atoms with E-state index in [4.69, 9.17) is 13.8 Å². The zero-order valence-electron chi connectivity index (χ0n) is 20.2. The van der Waals surface area contributed by atoms with Gasteiger partial charge in [-0.15, -0.1) is 0 Å². The van der Waals surface area contributed by atoms with Crippen LogP contribution in [0.5, 0.6) is 5.75 Å². The van der Waals surface area contributed by atoms with E-state index < -0.39 is 29.5 Å². The fourth-order valence-corrected chi connectivity index (χ4v) is 5.17. The molecular weight excluding hydrogens is 501 g/mol. The smallest absolute Gasteiger partial charge is 0.422 e. The van der Waals surface area contributed by atoms with Crippen LogP contribution in [-0.2, 0) is 6.18 Å². The molecule has 38 heavy (non-hydrogen) atoms. The highest BCUT2D eigenvalue weighted by molar-refractivity contribution is 5.71. The molecule has 0 bridgehead atoms. The van der Waals surface area contributed by atoms with Crippen LogP contribution in [0.25, 0.3) is 34.3 Å².